The summed E-state index contributed by atoms with van der Waals surface area (Å²) in [6, 6.07) is 16.0. The third-order valence-corrected chi connectivity index (χ3v) is 4.77. The highest BCUT2D eigenvalue weighted by Gasteiger charge is 2.34. The Balaban J connectivity index is 2.25. The predicted molar refractivity (Wildman–Crippen MR) is 103 cm³/mol. The molecule has 1 atom stereocenters. The van der Waals surface area contributed by atoms with Crippen LogP contribution in [0.15, 0.2) is 48.5 Å². The molecule has 25 heavy (non-hydrogen) atoms. The molecule has 4 N–H and O–H groups in total. The van der Waals surface area contributed by atoms with Gasteiger partial charge in [0.15, 0.2) is 0 Å². The van der Waals surface area contributed by atoms with Crippen molar-refractivity contribution in [1.82, 2.24) is 0 Å². The first kappa shape index (κ1) is 19.3. The van der Waals surface area contributed by atoms with Gasteiger partial charge < -0.3 is 20.9 Å². The van der Waals surface area contributed by atoms with Crippen LogP contribution in [-0.4, -0.2) is 25.8 Å². The molecule has 2 aromatic rings. The van der Waals surface area contributed by atoms with Crippen molar-refractivity contribution >= 4 is 0 Å². The van der Waals surface area contributed by atoms with E-state index in [1.54, 1.807) is 14.2 Å². The molecule has 0 aromatic heterocycles. The molecule has 4 nitrogen and oxygen atoms in total. The lowest BCUT2D eigenvalue weighted by atomic mass is 9.76. The summed E-state index contributed by atoms with van der Waals surface area (Å²) in [6.45, 7) is 4.24. The summed E-state index contributed by atoms with van der Waals surface area (Å²) in [5.74, 6) is 1.98. The quantitative estimate of drug-likeness (QED) is 0.773. The Morgan fingerprint density at radius 2 is 1.16 bits per heavy atom. The largest absolute Gasteiger partial charge is 0.497 e. The Kier molecular flexibility index (Phi) is 6.45. The summed E-state index contributed by atoms with van der Waals surface area (Å²) < 4.78 is 10.5. The van der Waals surface area contributed by atoms with Gasteiger partial charge in [0, 0.05) is 11.6 Å². The van der Waals surface area contributed by atoms with E-state index >= 15 is 0 Å². The molecule has 0 saturated heterocycles. The first-order chi connectivity index (χ1) is 11.9. The fraction of sp³-hybridized carbons (Fsp3) is 0.429. The van der Waals surface area contributed by atoms with Crippen LogP contribution in [0.3, 0.4) is 0 Å². The van der Waals surface area contributed by atoms with E-state index in [4.69, 9.17) is 20.9 Å². The molecule has 0 aliphatic rings. The molecular weight excluding hydrogens is 312 g/mol. The maximum absolute atomic E-state index is 6.86. The average molecular weight is 342 g/mol. The Hall–Kier alpha value is -2.04. The molecular formula is C21H30N2O2. The van der Waals surface area contributed by atoms with Gasteiger partial charge in [0.05, 0.1) is 14.2 Å². The summed E-state index contributed by atoms with van der Waals surface area (Å²) in [6.07, 6.45) is 1.42. The third kappa shape index (κ3) is 4.97. The number of rotatable bonds is 8. The second kappa shape index (κ2) is 8.37. The fourth-order valence-electron chi connectivity index (χ4n) is 3.21. The summed E-state index contributed by atoms with van der Waals surface area (Å²) >= 11 is 0. The van der Waals surface area contributed by atoms with Gasteiger partial charge >= 0.3 is 0 Å². The number of nitrogens with two attached hydrogens (primary N) is 2. The van der Waals surface area contributed by atoms with E-state index in [2.05, 4.69) is 38.1 Å². The van der Waals surface area contributed by atoms with E-state index in [9.17, 15) is 0 Å². The van der Waals surface area contributed by atoms with Gasteiger partial charge in [0.1, 0.15) is 11.5 Å². The van der Waals surface area contributed by atoms with Crippen LogP contribution in [0.5, 0.6) is 11.5 Å². The van der Waals surface area contributed by atoms with E-state index in [1.807, 2.05) is 24.3 Å². The van der Waals surface area contributed by atoms with Gasteiger partial charge in [-0.25, -0.2) is 0 Å². The van der Waals surface area contributed by atoms with Gasteiger partial charge in [0.25, 0.3) is 0 Å². The van der Waals surface area contributed by atoms with Crippen LogP contribution < -0.4 is 20.9 Å². The number of hydrogen-bond donors (Lipinski definition) is 2. The first-order valence-electron chi connectivity index (χ1n) is 8.68. The zero-order valence-corrected chi connectivity index (χ0v) is 15.7. The second-order valence-corrected chi connectivity index (χ2v) is 7.05. The number of hydrogen-bond acceptors (Lipinski definition) is 4. The van der Waals surface area contributed by atoms with Crippen LogP contribution >= 0.6 is 0 Å². The smallest absolute Gasteiger partial charge is 0.118 e. The van der Waals surface area contributed by atoms with Crippen LogP contribution in [0.25, 0.3) is 0 Å². The Labute approximate surface area is 151 Å². The number of benzene rings is 2. The summed E-state index contributed by atoms with van der Waals surface area (Å²) in [5.41, 5.74) is 15.2. The summed E-state index contributed by atoms with van der Waals surface area (Å²) in [7, 11) is 3.33. The standard InChI is InChI=1S/C21H30N2O2/c1-15(2)20(22)21(23,13-16-5-9-18(24-3)10-6-16)14-17-7-11-19(25-4)12-8-17/h5-12,15,20H,13-14,22-23H2,1-4H3. The molecule has 0 amide bonds. The van der Waals surface area contributed by atoms with Gasteiger partial charge in [-0.1, -0.05) is 38.1 Å². The highest BCUT2D eigenvalue weighted by Crippen LogP contribution is 2.25. The van der Waals surface area contributed by atoms with Crippen molar-refractivity contribution in [2.75, 3.05) is 14.2 Å². The van der Waals surface area contributed by atoms with Crippen molar-refractivity contribution in [1.29, 1.82) is 0 Å². The molecule has 136 valence electrons. The number of methoxy groups -OCH3 is 2. The summed E-state index contributed by atoms with van der Waals surface area (Å²) in [5, 5.41) is 0. The van der Waals surface area contributed by atoms with E-state index in [1.165, 1.54) is 0 Å². The molecule has 0 bridgehead atoms. The molecule has 2 rings (SSSR count). The maximum Gasteiger partial charge on any atom is 0.118 e. The maximum atomic E-state index is 6.86. The Bertz CT molecular complexity index is 601. The average Bonchev–Trinajstić information content (AvgIpc) is 2.62. The number of ether oxygens (including phenoxy) is 2. The van der Waals surface area contributed by atoms with Crippen molar-refractivity contribution in [2.24, 2.45) is 17.4 Å². The van der Waals surface area contributed by atoms with Crippen molar-refractivity contribution < 1.29 is 9.47 Å². The van der Waals surface area contributed by atoms with Crippen molar-refractivity contribution in [3.8, 4) is 11.5 Å². The van der Waals surface area contributed by atoms with E-state index in [0.717, 1.165) is 22.6 Å². The minimum absolute atomic E-state index is 0.114. The van der Waals surface area contributed by atoms with E-state index in [-0.39, 0.29) is 6.04 Å². The normalized spacial score (nSPS) is 12.9. The molecule has 0 aliphatic heterocycles. The van der Waals surface area contributed by atoms with Gasteiger partial charge in [0.2, 0.25) is 0 Å². The third-order valence-electron chi connectivity index (χ3n) is 4.77. The molecule has 0 saturated carbocycles. The van der Waals surface area contributed by atoms with E-state index in [0.29, 0.717) is 18.8 Å². The van der Waals surface area contributed by atoms with Crippen LogP contribution in [0.2, 0.25) is 0 Å². The van der Waals surface area contributed by atoms with Gasteiger partial charge in [-0.15, -0.1) is 0 Å². The van der Waals surface area contributed by atoms with Crippen molar-refractivity contribution in [2.45, 2.75) is 38.3 Å². The minimum Gasteiger partial charge on any atom is -0.497 e. The van der Waals surface area contributed by atoms with Crippen LogP contribution in [0, 0.1) is 5.92 Å². The van der Waals surface area contributed by atoms with Gasteiger partial charge in [-0.05, 0) is 54.2 Å². The lowest BCUT2D eigenvalue weighted by molar-refractivity contribution is 0.279. The SMILES string of the molecule is COc1ccc(CC(N)(Cc2ccc(OC)cc2)C(N)C(C)C)cc1. The predicted octanol–water partition coefficient (Wildman–Crippen LogP) is 3.17. The second-order valence-electron chi connectivity index (χ2n) is 7.05. The van der Waals surface area contributed by atoms with Crippen LogP contribution in [-0.2, 0) is 12.8 Å². The Morgan fingerprint density at radius 3 is 1.44 bits per heavy atom. The molecule has 0 aliphatic carbocycles. The van der Waals surface area contributed by atoms with Crippen LogP contribution in [0.4, 0.5) is 0 Å². The fourth-order valence-corrected chi connectivity index (χ4v) is 3.21. The highest BCUT2D eigenvalue weighted by molar-refractivity contribution is 5.32. The monoisotopic (exact) mass is 342 g/mol. The molecule has 0 heterocycles. The molecule has 1 unspecified atom stereocenters. The highest BCUT2D eigenvalue weighted by atomic mass is 16.5. The summed E-state index contributed by atoms with van der Waals surface area (Å²) in [4.78, 5) is 0. The van der Waals surface area contributed by atoms with E-state index < -0.39 is 5.54 Å². The molecule has 2 aromatic carbocycles. The van der Waals surface area contributed by atoms with Crippen molar-refractivity contribution in [3.05, 3.63) is 59.7 Å². The lowest BCUT2D eigenvalue weighted by Crippen LogP contribution is -2.60. The molecule has 0 fully saturated rings. The zero-order valence-electron chi connectivity index (χ0n) is 15.7. The zero-order chi connectivity index (χ0) is 18.4. The topological polar surface area (TPSA) is 70.5 Å². The molecule has 0 radical (unpaired) electrons. The first-order valence-corrected chi connectivity index (χ1v) is 8.68. The van der Waals surface area contributed by atoms with Crippen LogP contribution in [0.1, 0.15) is 25.0 Å². The van der Waals surface area contributed by atoms with Crippen molar-refractivity contribution in [3.63, 3.8) is 0 Å². The molecule has 4 heteroatoms. The Morgan fingerprint density at radius 1 is 0.800 bits per heavy atom. The lowest BCUT2D eigenvalue weighted by Gasteiger charge is -2.38. The molecule has 0 spiro atoms. The van der Waals surface area contributed by atoms with Gasteiger partial charge in [-0.3, -0.25) is 0 Å². The minimum atomic E-state index is -0.530. The van der Waals surface area contributed by atoms with Gasteiger partial charge in [-0.2, -0.15) is 0 Å².